The van der Waals surface area contributed by atoms with Gasteiger partial charge in [0.1, 0.15) is 0 Å². The van der Waals surface area contributed by atoms with Gasteiger partial charge in [-0.05, 0) is 134 Å². The van der Waals surface area contributed by atoms with Crippen LogP contribution < -0.4 is 0 Å². The highest BCUT2D eigenvalue weighted by Crippen LogP contribution is 2.57. The third kappa shape index (κ3) is 2.19. The summed E-state index contributed by atoms with van der Waals surface area (Å²) in [5.41, 5.74) is 20.1. The van der Waals surface area contributed by atoms with E-state index < -0.39 is 0 Å². The van der Waals surface area contributed by atoms with Gasteiger partial charge in [0, 0.05) is 0 Å². The fourth-order valence-electron chi connectivity index (χ4n) is 7.45. The Balaban J connectivity index is 1.55. The molecule has 3 aliphatic rings. The summed E-state index contributed by atoms with van der Waals surface area (Å²) in [6.45, 7) is 9.27. The lowest BCUT2D eigenvalue weighted by molar-refractivity contribution is 1.22. The molecule has 0 heterocycles. The van der Waals surface area contributed by atoms with Gasteiger partial charge in [-0.2, -0.15) is 0 Å². The zero-order valence-electron chi connectivity index (χ0n) is 20.6. The summed E-state index contributed by atoms with van der Waals surface area (Å²) in [6.07, 6.45) is 5.87. The van der Waals surface area contributed by atoms with E-state index in [4.69, 9.17) is 0 Å². The quantitative estimate of drug-likeness (QED) is 0.218. The van der Waals surface area contributed by atoms with Gasteiger partial charge in [0.15, 0.2) is 0 Å². The molecule has 3 aliphatic carbocycles. The van der Waals surface area contributed by atoms with Crippen LogP contribution >= 0.6 is 0 Å². The van der Waals surface area contributed by atoms with Crippen LogP contribution in [0.4, 0.5) is 0 Å². The van der Waals surface area contributed by atoms with Gasteiger partial charge in [-0.3, -0.25) is 0 Å². The lowest BCUT2D eigenvalue weighted by Crippen LogP contribution is -2.09. The van der Waals surface area contributed by atoms with E-state index in [-0.39, 0.29) is 0 Å². The van der Waals surface area contributed by atoms with Gasteiger partial charge in [-0.25, -0.2) is 0 Å². The van der Waals surface area contributed by atoms with E-state index in [2.05, 4.69) is 101 Å². The standard InChI is InChI=1S/C35H26/c1-18-23-9-5-6-10-24(23)19(2)32-27-15-16-29-34-21(4)26-12-8-7-11-25(26)20(3)33(34)28-14-13-22(31(18)32)17-30(27)35(28)29/h5-16H,17H2,1-4H3. The summed E-state index contributed by atoms with van der Waals surface area (Å²) in [5.74, 6) is 0. The van der Waals surface area contributed by atoms with Gasteiger partial charge < -0.3 is 0 Å². The highest BCUT2D eigenvalue weighted by Gasteiger charge is 2.36. The third-order valence-electron chi connectivity index (χ3n) is 9.00. The second kappa shape index (κ2) is 6.40. The first-order chi connectivity index (χ1) is 17.1. The van der Waals surface area contributed by atoms with Gasteiger partial charge in [-0.15, -0.1) is 0 Å². The van der Waals surface area contributed by atoms with Crippen molar-refractivity contribution in [3.63, 3.8) is 0 Å². The zero-order valence-corrected chi connectivity index (χ0v) is 20.6. The average molecular weight is 447 g/mol. The molecule has 0 nitrogen and oxygen atoms in total. The predicted octanol–water partition coefficient (Wildman–Crippen LogP) is 9.26. The fourth-order valence-corrected chi connectivity index (χ4v) is 7.45. The molecule has 0 amide bonds. The van der Waals surface area contributed by atoms with E-state index in [0.29, 0.717) is 0 Å². The lowest BCUT2D eigenvalue weighted by atomic mass is 9.75. The van der Waals surface area contributed by atoms with Crippen molar-refractivity contribution in [2.45, 2.75) is 34.1 Å². The van der Waals surface area contributed by atoms with E-state index in [1.165, 1.54) is 99.5 Å². The molecule has 8 rings (SSSR count). The Morgan fingerprint density at radius 3 is 1.54 bits per heavy atom. The zero-order chi connectivity index (χ0) is 23.6. The van der Waals surface area contributed by atoms with E-state index in [1.54, 1.807) is 0 Å². The summed E-state index contributed by atoms with van der Waals surface area (Å²) < 4.78 is 0. The molecule has 0 atom stereocenters. The highest BCUT2D eigenvalue weighted by molar-refractivity contribution is 6.14. The molecule has 2 bridgehead atoms. The van der Waals surface area contributed by atoms with Crippen LogP contribution in [0, 0.1) is 27.7 Å². The smallest absolute Gasteiger partial charge is 0.000694 e. The van der Waals surface area contributed by atoms with E-state index in [9.17, 15) is 0 Å². The molecular formula is C35H26. The van der Waals surface area contributed by atoms with Crippen molar-refractivity contribution < 1.29 is 0 Å². The van der Waals surface area contributed by atoms with Gasteiger partial charge in [0.05, 0.1) is 0 Å². The van der Waals surface area contributed by atoms with Crippen LogP contribution in [0.25, 0.3) is 54.9 Å². The van der Waals surface area contributed by atoms with Crippen LogP contribution in [-0.2, 0) is 6.42 Å². The highest BCUT2D eigenvalue weighted by atomic mass is 14.4. The van der Waals surface area contributed by atoms with Crippen molar-refractivity contribution in [1.82, 2.24) is 0 Å². The van der Waals surface area contributed by atoms with Crippen LogP contribution in [0.3, 0.4) is 0 Å². The molecule has 0 N–H and O–H groups in total. The van der Waals surface area contributed by atoms with Crippen molar-refractivity contribution in [1.29, 1.82) is 0 Å². The van der Waals surface area contributed by atoms with E-state index in [1.807, 2.05) is 0 Å². The monoisotopic (exact) mass is 446 g/mol. The molecule has 0 aromatic heterocycles. The Hall–Kier alpha value is -3.90. The topological polar surface area (TPSA) is 0 Å². The van der Waals surface area contributed by atoms with Crippen LogP contribution in [-0.4, -0.2) is 0 Å². The van der Waals surface area contributed by atoms with Crippen LogP contribution in [0.15, 0.2) is 72.8 Å². The molecule has 0 heteroatoms. The van der Waals surface area contributed by atoms with E-state index in [0.717, 1.165) is 6.42 Å². The second-order valence-electron chi connectivity index (χ2n) is 10.6. The van der Waals surface area contributed by atoms with Crippen molar-refractivity contribution in [2.24, 2.45) is 0 Å². The van der Waals surface area contributed by atoms with Crippen molar-refractivity contribution in [3.8, 4) is 22.3 Å². The summed E-state index contributed by atoms with van der Waals surface area (Å²) in [4.78, 5) is 0. The van der Waals surface area contributed by atoms with Crippen molar-refractivity contribution >= 4 is 32.7 Å². The third-order valence-corrected chi connectivity index (χ3v) is 9.00. The Kier molecular flexibility index (Phi) is 3.55. The van der Waals surface area contributed by atoms with Crippen LogP contribution in [0.5, 0.6) is 0 Å². The lowest BCUT2D eigenvalue weighted by Gasteiger charge is -2.28. The van der Waals surface area contributed by atoms with Crippen LogP contribution in [0.1, 0.15) is 44.5 Å². The Morgan fingerprint density at radius 2 is 0.943 bits per heavy atom. The molecule has 0 unspecified atom stereocenters. The largest absolute Gasteiger partial charge is 0.0616 e. The molecule has 5 aromatic carbocycles. The SMILES string of the molecule is Cc1c2c(c(C)c3ccccc13)-c1ccc3c4c1CC2=CC=C4c1c-3c(C)c2ccccc2c1C. The number of rotatable bonds is 0. The van der Waals surface area contributed by atoms with Gasteiger partial charge in [-0.1, -0.05) is 72.8 Å². The molecule has 0 saturated heterocycles. The van der Waals surface area contributed by atoms with Crippen molar-refractivity contribution in [3.05, 3.63) is 117 Å². The molecule has 166 valence electrons. The minimum atomic E-state index is 1.01. The summed E-state index contributed by atoms with van der Waals surface area (Å²) in [5, 5.41) is 5.52. The Bertz CT molecular complexity index is 1890. The molecule has 0 aliphatic heterocycles. The Labute approximate surface area is 206 Å². The fraction of sp³-hybridized carbons (Fsp3) is 0.143. The minimum absolute atomic E-state index is 1.01. The molecule has 0 radical (unpaired) electrons. The Morgan fingerprint density at radius 1 is 0.457 bits per heavy atom. The maximum atomic E-state index is 2.43. The number of aryl methyl sites for hydroxylation is 4. The number of fused-ring (bicyclic) bond motifs is 9. The van der Waals surface area contributed by atoms with Gasteiger partial charge in [0.25, 0.3) is 0 Å². The first kappa shape index (κ1) is 19.4. The molecule has 0 saturated carbocycles. The second-order valence-corrected chi connectivity index (χ2v) is 10.6. The van der Waals surface area contributed by atoms with Gasteiger partial charge in [0.2, 0.25) is 0 Å². The average Bonchev–Trinajstić information content (AvgIpc) is 3.12. The number of allylic oxidation sites excluding steroid dienone is 3. The maximum Gasteiger partial charge on any atom is -0.000694 e. The molecule has 35 heavy (non-hydrogen) atoms. The maximum absolute atomic E-state index is 2.43. The minimum Gasteiger partial charge on any atom is -0.0616 e. The number of hydrogen-bond donors (Lipinski definition) is 0. The first-order valence-corrected chi connectivity index (χ1v) is 12.7. The number of hydrogen-bond acceptors (Lipinski definition) is 0. The normalized spacial score (nSPS) is 14.5. The molecule has 0 spiro atoms. The summed E-state index contributed by atoms with van der Waals surface area (Å²) >= 11 is 0. The number of benzene rings is 5. The van der Waals surface area contributed by atoms with E-state index >= 15 is 0 Å². The summed E-state index contributed by atoms with van der Waals surface area (Å²) in [7, 11) is 0. The predicted molar refractivity (Wildman–Crippen MR) is 150 cm³/mol. The molecular weight excluding hydrogens is 420 g/mol. The molecule has 5 aromatic rings. The van der Waals surface area contributed by atoms with Crippen LogP contribution in [0.2, 0.25) is 0 Å². The van der Waals surface area contributed by atoms with Crippen molar-refractivity contribution in [2.75, 3.05) is 0 Å². The van der Waals surface area contributed by atoms with Gasteiger partial charge >= 0.3 is 0 Å². The first-order valence-electron chi connectivity index (χ1n) is 12.7. The molecule has 0 fully saturated rings. The summed E-state index contributed by atoms with van der Waals surface area (Å²) in [6, 6.07) is 22.7.